The molecule has 1 aromatic rings. The van der Waals surface area contributed by atoms with Crippen LogP contribution in [0.2, 0.25) is 0 Å². The van der Waals surface area contributed by atoms with Crippen LogP contribution in [0.4, 0.5) is 8.78 Å². The Kier molecular flexibility index (Phi) is 3.39. The summed E-state index contributed by atoms with van der Waals surface area (Å²) < 4.78 is 29.6. The lowest BCUT2D eigenvalue weighted by Gasteiger charge is -2.07. The molecule has 0 atom stereocenters. The first-order valence-corrected chi connectivity index (χ1v) is 4.05. The number of alkyl halides is 2. The molecule has 0 spiro atoms. The van der Waals surface area contributed by atoms with Crippen LogP contribution >= 0.6 is 0 Å². The summed E-state index contributed by atoms with van der Waals surface area (Å²) in [4.78, 5) is 13.5. The summed E-state index contributed by atoms with van der Waals surface area (Å²) in [6.45, 7) is 0. The van der Waals surface area contributed by atoms with Gasteiger partial charge >= 0.3 is 0 Å². The van der Waals surface area contributed by atoms with E-state index in [1.807, 2.05) is 0 Å². The monoisotopic (exact) mass is 214 g/mol. The lowest BCUT2D eigenvalue weighted by Crippen LogP contribution is -2.14. The second-order valence-electron chi connectivity index (χ2n) is 2.75. The second-order valence-corrected chi connectivity index (χ2v) is 2.75. The number of pyridine rings is 1. The van der Waals surface area contributed by atoms with Crippen molar-refractivity contribution < 1.29 is 13.5 Å². The third-order valence-corrected chi connectivity index (χ3v) is 1.78. The van der Waals surface area contributed by atoms with Crippen molar-refractivity contribution in [3.8, 4) is 11.8 Å². The maximum absolute atomic E-state index is 12.5. The number of hydrogen-bond donors (Lipinski definition) is 1. The molecule has 0 aliphatic rings. The van der Waals surface area contributed by atoms with Crippen molar-refractivity contribution in [2.75, 3.05) is 7.11 Å². The van der Waals surface area contributed by atoms with Gasteiger partial charge < -0.3 is 9.72 Å². The first-order valence-electron chi connectivity index (χ1n) is 4.05. The number of H-pyrrole nitrogens is 1. The lowest BCUT2D eigenvalue weighted by atomic mass is 10.2. The van der Waals surface area contributed by atoms with Gasteiger partial charge in [0.1, 0.15) is 0 Å². The van der Waals surface area contributed by atoms with Crippen molar-refractivity contribution in [1.29, 1.82) is 5.26 Å². The van der Waals surface area contributed by atoms with Crippen molar-refractivity contribution in [3.63, 3.8) is 0 Å². The van der Waals surface area contributed by atoms with Crippen LogP contribution in [0.25, 0.3) is 0 Å². The summed E-state index contributed by atoms with van der Waals surface area (Å²) in [7, 11) is 1.14. The van der Waals surface area contributed by atoms with E-state index in [1.54, 1.807) is 6.07 Å². The van der Waals surface area contributed by atoms with Gasteiger partial charge in [0.15, 0.2) is 5.75 Å². The van der Waals surface area contributed by atoms with Gasteiger partial charge in [-0.15, -0.1) is 0 Å². The summed E-state index contributed by atoms with van der Waals surface area (Å²) in [5.74, 6) is -0.410. The van der Waals surface area contributed by atoms with E-state index in [1.165, 1.54) is 0 Å². The molecule has 6 heteroatoms. The fourth-order valence-electron chi connectivity index (χ4n) is 1.18. The van der Waals surface area contributed by atoms with Gasteiger partial charge in [-0.3, -0.25) is 4.79 Å². The van der Waals surface area contributed by atoms with Crippen molar-refractivity contribution in [2.45, 2.75) is 12.8 Å². The Balaban J connectivity index is 3.33. The summed E-state index contributed by atoms with van der Waals surface area (Å²) in [5.41, 5.74) is -1.09. The van der Waals surface area contributed by atoms with Crippen molar-refractivity contribution in [3.05, 3.63) is 27.7 Å². The van der Waals surface area contributed by atoms with Crippen LogP contribution in [0.15, 0.2) is 10.9 Å². The molecule has 0 aliphatic carbocycles. The van der Waals surface area contributed by atoms with Gasteiger partial charge in [-0.25, -0.2) is 8.78 Å². The van der Waals surface area contributed by atoms with Gasteiger partial charge in [-0.05, 0) is 6.07 Å². The average Bonchev–Trinajstić information content (AvgIpc) is 2.17. The first-order chi connectivity index (χ1) is 7.10. The van der Waals surface area contributed by atoms with Gasteiger partial charge in [0.05, 0.1) is 25.2 Å². The lowest BCUT2D eigenvalue weighted by molar-refractivity contribution is 0.146. The van der Waals surface area contributed by atoms with Gasteiger partial charge in [0.2, 0.25) is 0 Å². The number of hydrogen-bond acceptors (Lipinski definition) is 3. The van der Waals surface area contributed by atoms with Crippen molar-refractivity contribution in [1.82, 2.24) is 4.98 Å². The van der Waals surface area contributed by atoms with Gasteiger partial charge in [-0.1, -0.05) is 0 Å². The summed E-state index contributed by atoms with van der Waals surface area (Å²) in [6, 6.07) is 2.82. The van der Waals surface area contributed by atoms with E-state index in [2.05, 4.69) is 9.72 Å². The molecule has 1 rings (SSSR count). The number of halogens is 2. The van der Waals surface area contributed by atoms with Gasteiger partial charge in [0.25, 0.3) is 12.0 Å². The molecule has 0 bridgehead atoms. The number of nitrogens with zero attached hydrogens (tertiary/aromatic N) is 1. The molecule has 80 valence electrons. The maximum Gasteiger partial charge on any atom is 0.291 e. The Labute approximate surface area is 84.1 Å². The van der Waals surface area contributed by atoms with E-state index in [0.29, 0.717) is 0 Å². The number of methoxy groups -OCH3 is 1. The van der Waals surface area contributed by atoms with E-state index in [4.69, 9.17) is 5.26 Å². The fraction of sp³-hybridized carbons (Fsp3) is 0.333. The molecule has 0 saturated carbocycles. The predicted molar refractivity (Wildman–Crippen MR) is 47.9 cm³/mol. The normalized spacial score (nSPS) is 10.1. The van der Waals surface area contributed by atoms with Crippen molar-refractivity contribution >= 4 is 0 Å². The van der Waals surface area contributed by atoms with Crippen LogP contribution in [0, 0.1) is 11.3 Å². The standard InChI is InChI=1S/C9H8F2N2O2/c1-15-7-6(8(10)11)4-5(2-3-12)13-9(7)14/h4,8H,2H2,1H3,(H,13,14). The molecule has 15 heavy (non-hydrogen) atoms. The Morgan fingerprint density at radius 3 is 2.80 bits per heavy atom. The first kappa shape index (κ1) is 11.2. The minimum atomic E-state index is -2.81. The molecule has 4 nitrogen and oxygen atoms in total. The summed E-state index contributed by atoms with van der Waals surface area (Å²) in [6.07, 6.45) is -2.93. The van der Waals surface area contributed by atoms with Crippen molar-refractivity contribution in [2.24, 2.45) is 0 Å². The Morgan fingerprint density at radius 2 is 2.33 bits per heavy atom. The summed E-state index contributed by atoms with van der Waals surface area (Å²) in [5, 5.41) is 8.38. The molecule has 1 aromatic heterocycles. The highest BCUT2D eigenvalue weighted by Crippen LogP contribution is 2.25. The fourth-order valence-corrected chi connectivity index (χ4v) is 1.18. The SMILES string of the molecule is COc1c(C(F)F)cc(CC#N)[nH]c1=O. The van der Waals surface area contributed by atoms with Crippen LogP contribution in [-0.2, 0) is 6.42 Å². The number of nitrogens with one attached hydrogen (secondary N) is 1. The van der Waals surface area contributed by atoms with Gasteiger partial charge in [0, 0.05) is 5.69 Å². The van der Waals surface area contributed by atoms with Crippen LogP contribution in [0.5, 0.6) is 5.75 Å². The molecule has 0 fully saturated rings. The predicted octanol–water partition coefficient (Wildman–Crippen LogP) is 1.39. The smallest absolute Gasteiger partial charge is 0.291 e. The highest BCUT2D eigenvalue weighted by atomic mass is 19.3. The largest absolute Gasteiger partial charge is 0.491 e. The molecule has 0 saturated heterocycles. The van der Waals surface area contributed by atoms with Crippen LogP contribution in [0.1, 0.15) is 17.7 Å². The van der Waals surface area contributed by atoms with E-state index in [0.717, 1.165) is 13.2 Å². The Hall–Kier alpha value is -1.90. The highest BCUT2D eigenvalue weighted by molar-refractivity contribution is 5.34. The molecule has 0 aliphatic heterocycles. The quantitative estimate of drug-likeness (QED) is 0.826. The zero-order chi connectivity index (χ0) is 11.4. The molecule has 0 radical (unpaired) electrons. The minimum absolute atomic E-state index is 0.126. The number of nitriles is 1. The number of aromatic amines is 1. The molecule has 1 heterocycles. The Bertz CT molecular complexity index is 448. The third kappa shape index (κ3) is 2.31. The molecule has 0 unspecified atom stereocenters. The average molecular weight is 214 g/mol. The highest BCUT2D eigenvalue weighted by Gasteiger charge is 2.18. The molecular formula is C9H8F2N2O2. The zero-order valence-corrected chi connectivity index (χ0v) is 7.88. The molecule has 1 N–H and O–H groups in total. The number of aromatic nitrogens is 1. The minimum Gasteiger partial charge on any atom is -0.491 e. The maximum atomic E-state index is 12.5. The van der Waals surface area contributed by atoms with Crippen LogP contribution in [-0.4, -0.2) is 12.1 Å². The molecule has 0 aromatic carbocycles. The number of ether oxygens (including phenoxy) is 1. The second kappa shape index (κ2) is 4.55. The van der Waals surface area contributed by atoms with Gasteiger partial charge in [-0.2, -0.15) is 5.26 Å². The number of rotatable bonds is 3. The third-order valence-electron chi connectivity index (χ3n) is 1.78. The van der Waals surface area contributed by atoms with E-state index >= 15 is 0 Å². The van der Waals surface area contributed by atoms with E-state index in [9.17, 15) is 13.6 Å². The summed E-state index contributed by atoms with van der Waals surface area (Å²) >= 11 is 0. The Morgan fingerprint density at radius 1 is 1.67 bits per heavy atom. The van der Waals surface area contributed by atoms with Crippen LogP contribution in [0.3, 0.4) is 0 Å². The zero-order valence-electron chi connectivity index (χ0n) is 7.88. The van der Waals surface area contributed by atoms with E-state index in [-0.39, 0.29) is 12.1 Å². The van der Waals surface area contributed by atoms with E-state index < -0.39 is 23.3 Å². The van der Waals surface area contributed by atoms with Crippen LogP contribution < -0.4 is 10.3 Å². The molecule has 0 amide bonds. The molecular weight excluding hydrogens is 206 g/mol. The topological polar surface area (TPSA) is 65.9 Å².